The second-order valence-corrected chi connectivity index (χ2v) is 5.07. The molecule has 2 rings (SSSR count). The van der Waals surface area contributed by atoms with Crippen LogP contribution in [0.3, 0.4) is 0 Å². The normalized spacial score (nSPS) is 20.6. The minimum absolute atomic E-state index is 0.0918. The van der Waals surface area contributed by atoms with Crippen molar-refractivity contribution < 1.29 is 17.6 Å². The lowest BCUT2D eigenvalue weighted by molar-refractivity contribution is -0.148. The fourth-order valence-corrected chi connectivity index (χ4v) is 2.48. The van der Waals surface area contributed by atoms with E-state index in [4.69, 9.17) is 4.42 Å². The molecule has 2 heterocycles. The van der Waals surface area contributed by atoms with Crippen LogP contribution in [0.25, 0.3) is 0 Å². The maximum Gasteiger partial charge on any atom is 0.401 e. The Morgan fingerprint density at radius 1 is 1.42 bits per heavy atom. The number of rotatable bonds is 4. The van der Waals surface area contributed by atoms with Crippen LogP contribution < -0.4 is 5.32 Å². The molecule has 108 valence electrons. The van der Waals surface area contributed by atoms with Crippen molar-refractivity contribution in [2.24, 2.45) is 0 Å². The molecule has 0 spiro atoms. The van der Waals surface area contributed by atoms with E-state index in [1.807, 2.05) is 19.1 Å². The maximum absolute atomic E-state index is 12.3. The molecule has 1 fully saturated rings. The van der Waals surface area contributed by atoms with Gasteiger partial charge in [0.2, 0.25) is 0 Å². The van der Waals surface area contributed by atoms with Crippen molar-refractivity contribution in [3.63, 3.8) is 0 Å². The molecule has 1 aliphatic heterocycles. The van der Waals surface area contributed by atoms with Crippen LogP contribution in [0.2, 0.25) is 0 Å². The molecule has 1 unspecified atom stereocenters. The van der Waals surface area contributed by atoms with Crippen LogP contribution >= 0.6 is 0 Å². The molecular weight excluding hydrogens is 257 g/mol. The minimum Gasteiger partial charge on any atom is -0.468 e. The van der Waals surface area contributed by atoms with Gasteiger partial charge in [-0.25, -0.2) is 0 Å². The number of piperidine rings is 1. The first kappa shape index (κ1) is 14.4. The lowest BCUT2D eigenvalue weighted by Crippen LogP contribution is -2.46. The number of hydrogen-bond acceptors (Lipinski definition) is 3. The van der Waals surface area contributed by atoms with E-state index in [2.05, 4.69) is 5.32 Å². The number of furan rings is 1. The van der Waals surface area contributed by atoms with E-state index in [1.165, 1.54) is 4.90 Å². The highest BCUT2D eigenvalue weighted by Gasteiger charge is 2.32. The number of alkyl halides is 3. The van der Waals surface area contributed by atoms with Crippen LogP contribution in [0.1, 0.15) is 31.6 Å². The molecule has 1 N–H and O–H groups in total. The van der Waals surface area contributed by atoms with Crippen LogP contribution in [0.15, 0.2) is 22.8 Å². The number of nitrogens with zero attached hydrogens (tertiary/aromatic N) is 1. The van der Waals surface area contributed by atoms with Crippen molar-refractivity contribution in [3.8, 4) is 0 Å². The van der Waals surface area contributed by atoms with Crippen molar-refractivity contribution in [2.45, 2.75) is 38.0 Å². The topological polar surface area (TPSA) is 28.4 Å². The predicted molar refractivity (Wildman–Crippen MR) is 65.8 cm³/mol. The lowest BCUT2D eigenvalue weighted by atomic mass is 10.0. The molecule has 1 aromatic rings. The third kappa shape index (κ3) is 4.54. The molecule has 0 aliphatic carbocycles. The van der Waals surface area contributed by atoms with E-state index in [-0.39, 0.29) is 12.1 Å². The summed E-state index contributed by atoms with van der Waals surface area (Å²) in [6, 6.07) is 4.08. The van der Waals surface area contributed by atoms with Crippen LogP contribution in [0.4, 0.5) is 13.2 Å². The molecule has 0 radical (unpaired) electrons. The van der Waals surface area contributed by atoms with Gasteiger partial charge in [0.15, 0.2) is 0 Å². The Balaban J connectivity index is 1.74. The van der Waals surface area contributed by atoms with E-state index >= 15 is 0 Å². The monoisotopic (exact) mass is 276 g/mol. The van der Waals surface area contributed by atoms with Crippen LogP contribution in [0.5, 0.6) is 0 Å². The highest BCUT2D eigenvalue weighted by molar-refractivity contribution is 5.03. The Bertz CT molecular complexity index is 370. The van der Waals surface area contributed by atoms with Crippen molar-refractivity contribution >= 4 is 0 Å². The third-order valence-corrected chi connectivity index (χ3v) is 3.45. The summed E-state index contributed by atoms with van der Waals surface area (Å²) in [5.41, 5.74) is 0. The molecule has 6 heteroatoms. The number of nitrogens with one attached hydrogen (secondary N) is 1. The third-order valence-electron chi connectivity index (χ3n) is 3.45. The van der Waals surface area contributed by atoms with Gasteiger partial charge in [-0.1, -0.05) is 0 Å². The molecule has 0 amide bonds. The van der Waals surface area contributed by atoms with Gasteiger partial charge >= 0.3 is 6.18 Å². The van der Waals surface area contributed by atoms with Gasteiger partial charge < -0.3 is 9.73 Å². The molecule has 1 saturated heterocycles. The summed E-state index contributed by atoms with van der Waals surface area (Å²) in [5, 5.41) is 3.40. The standard InChI is InChI=1S/C13H19F3N2O/c1-10(12-3-2-8-19-12)17-11-4-6-18(7-5-11)9-13(14,15)16/h2-3,8,10-11,17H,4-7,9H2,1H3. The number of halogens is 3. The Hall–Kier alpha value is -1.01. The lowest BCUT2D eigenvalue weighted by Gasteiger charge is -2.33. The second-order valence-electron chi connectivity index (χ2n) is 5.07. The predicted octanol–water partition coefficient (Wildman–Crippen LogP) is 2.96. The Morgan fingerprint density at radius 2 is 2.11 bits per heavy atom. The summed E-state index contributed by atoms with van der Waals surface area (Å²) in [6.45, 7) is 2.18. The largest absolute Gasteiger partial charge is 0.468 e. The zero-order valence-corrected chi connectivity index (χ0v) is 10.9. The van der Waals surface area contributed by atoms with Gasteiger partial charge in [0.05, 0.1) is 18.8 Å². The van der Waals surface area contributed by atoms with E-state index in [1.54, 1.807) is 6.26 Å². The highest BCUT2D eigenvalue weighted by Crippen LogP contribution is 2.21. The van der Waals surface area contributed by atoms with Gasteiger partial charge in [-0.3, -0.25) is 4.90 Å². The van der Waals surface area contributed by atoms with Crippen molar-refractivity contribution in [2.75, 3.05) is 19.6 Å². The first-order chi connectivity index (χ1) is 8.94. The van der Waals surface area contributed by atoms with Gasteiger partial charge in [0.25, 0.3) is 0 Å². The molecule has 1 aromatic heterocycles. The first-order valence-corrected chi connectivity index (χ1v) is 6.52. The SMILES string of the molecule is CC(NC1CCN(CC(F)(F)F)CC1)c1ccco1. The maximum atomic E-state index is 12.3. The summed E-state index contributed by atoms with van der Waals surface area (Å²) in [5.74, 6) is 0.859. The average molecular weight is 276 g/mol. The van der Waals surface area contributed by atoms with Gasteiger partial charge in [-0.05, 0) is 45.0 Å². The molecular formula is C13H19F3N2O. The van der Waals surface area contributed by atoms with Gasteiger partial charge in [0, 0.05) is 6.04 Å². The first-order valence-electron chi connectivity index (χ1n) is 6.52. The van der Waals surface area contributed by atoms with Crippen molar-refractivity contribution in [1.82, 2.24) is 10.2 Å². The molecule has 3 nitrogen and oxygen atoms in total. The van der Waals surface area contributed by atoms with Crippen LogP contribution in [0, 0.1) is 0 Å². The summed E-state index contributed by atoms with van der Waals surface area (Å²) in [6.07, 6.45) is -0.997. The minimum atomic E-state index is -4.10. The smallest absolute Gasteiger partial charge is 0.401 e. The Kier molecular flexibility index (Phi) is 4.52. The fraction of sp³-hybridized carbons (Fsp3) is 0.692. The summed E-state index contributed by atoms with van der Waals surface area (Å²) in [4.78, 5) is 1.47. The fourth-order valence-electron chi connectivity index (χ4n) is 2.48. The summed E-state index contributed by atoms with van der Waals surface area (Å²) < 4.78 is 42.1. The van der Waals surface area contributed by atoms with Crippen molar-refractivity contribution in [3.05, 3.63) is 24.2 Å². The molecule has 0 aromatic carbocycles. The molecule has 0 bridgehead atoms. The number of likely N-dealkylation sites (tertiary alicyclic amines) is 1. The Morgan fingerprint density at radius 3 is 2.63 bits per heavy atom. The zero-order valence-electron chi connectivity index (χ0n) is 10.9. The molecule has 1 aliphatic rings. The molecule has 19 heavy (non-hydrogen) atoms. The van der Waals surface area contributed by atoms with Gasteiger partial charge in [-0.2, -0.15) is 13.2 Å². The van der Waals surface area contributed by atoms with Crippen LogP contribution in [-0.4, -0.2) is 36.8 Å². The highest BCUT2D eigenvalue weighted by atomic mass is 19.4. The van der Waals surface area contributed by atoms with Gasteiger partial charge in [-0.15, -0.1) is 0 Å². The van der Waals surface area contributed by atoms with E-state index in [0.717, 1.165) is 18.6 Å². The molecule has 0 saturated carbocycles. The summed E-state index contributed by atoms with van der Waals surface area (Å²) in [7, 11) is 0. The van der Waals surface area contributed by atoms with Gasteiger partial charge in [0.1, 0.15) is 5.76 Å². The van der Waals surface area contributed by atoms with E-state index < -0.39 is 12.7 Å². The number of hydrogen-bond donors (Lipinski definition) is 1. The average Bonchev–Trinajstić information content (AvgIpc) is 2.83. The zero-order chi connectivity index (χ0) is 13.9. The van der Waals surface area contributed by atoms with E-state index in [9.17, 15) is 13.2 Å². The van der Waals surface area contributed by atoms with Crippen molar-refractivity contribution in [1.29, 1.82) is 0 Å². The Labute approximate surface area is 110 Å². The molecule has 1 atom stereocenters. The van der Waals surface area contributed by atoms with E-state index in [0.29, 0.717) is 13.1 Å². The van der Waals surface area contributed by atoms with Crippen LogP contribution in [-0.2, 0) is 0 Å². The second kappa shape index (κ2) is 5.96. The summed E-state index contributed by atoms with van der Waals surface area (Å²) >= 11 is 0. The quantitative estimate of drug-likeness (QED) is 0.916.